The van der Waals surface area contributed by atoms with Crippen molar-refractivity contribution in [3.05, 3.63) is 54.2 Å². The van der Waals surface area contributed by atoms with Gasteiger partial charge in [-0.3, -0.25) is 9.78 Å². The first kappa shape index (κ1) is 9.59. The summed E-state index contributed by atoms with van der Waals surface area (Å²) in [7, 11) is 0. The van der Waals surface area contributed by atoms with E-state index in [4.69, 9.17) is 0 Å². The Morgan fingerprint density at radius 1 is 1.07 bits per heavy atom. The Bertz CT molecular complexity index is 460. The molecular formula is C13H11NO. The molecule has 0 radical (unpaired) electrons. The molecule has 0 spiro atoms. The summed E-state index contributed by atoms with van der Waals surface area (Å²) < 4.78 is 0. The molecule has 2 aromatic rings. The highest BCUT2D eigenvalue weighted by Gasteiger charge is 2.01. The molecule has 0 atom stereocenters. The van der Waals surface area contributed by atoms with Gasteiger partial charge >= 0.3 is 0 Å². The van der Waals surface area contributed by atoms with Crippen LogP contribution >= 0.6 is 0 Å². The number of nitrogens with zero attached hydrogens (tertiary/aromatic N) is 1. The molecule has 0 unspecified atom stereocenters. The minimum Gasteiger partial charge on any atom is -0.294 e. The van der Waals surface area contributed by atoms with E-state index >= 15 is 0 Å². The molecule has 0 fully saturated rings. The second kappa shape index (κ2) is 4.05. The first-order valence-electron chi connectivity index (χ1n) is 4.80. The van der Waals surface area contributed by atoms with Crippen molar-refractivity contribution in [2.24, 2.45) is 0 Å². The van der Waals surface area contributed by atoms with E-state index in [-0.39, 0.29) is 5.78 Å². The Morgan fingerprint density at radius 2 is 1.80 bits per heavy atom. The third-order valence-corrected chi connectivity index (χ3v) is 2.24. The van der Waals surface area contributed by atoms with Crippen molar-refractivity contribution in [1.82, 2.24) is 4.98 Å². The van der Waals surface area contributed by atoms with E-state index in [1.807, 2.05) is 36.4 Å². The highest BCUT2D eigenvalue weighted by atomic mass is 16.1. The van der Waals surface area contributed by atoms with Crippen LogP contribution in [0, 0.1) is 0 Å². The van der Waals surface area contributed by atoms with E-state index in [0.29, 0.717) is 5.56 Å². The fourth-order valence-corrected chi connectivity index (χ4v) is 1.38. The smallest absolute Gasteiger partial charge is 0.161 e. The van der Waals surface area contributed by atoms with Crippen molar-refractivity contribution in [2.75, 3.05) is 0 Å². The van der Waals surface area contributed by atoms with Crippen LogP contribution in [0.2, 0.25) is 0 Å². The van der Waals surface area contributed by atoms with Crippen molar-refractivity contribution < 1.29 is 4.79 Å². The Hall–Kier alpha value is -1.96. The van der Waals surface area contributed by atoms with Crippen LogP contribution in [-0.4, -0.2) is 10.8 Å². The van der Waals surface area contributed by atoms with Crippen molar-refractivity contribution in [1.29, 1.82) is 0 Å². The number of aromatic nitrogens is 1. The lowest BCUT2D eigenvalue weighted by Crippen LogP contribution is -1.93. The third-order valence-electron chi connectivity index (χ3n) is 2.24. The summed E-state index contributed by atoms with van der Waals surface area (Å²) in [4.78, 5) is 15.3. The Balaban J connectivity index is 2.36. The van der Waals surface area contributed by atoms with Gasteiger partial charge in [0.1, 0.15) is 0 Å². The fraction of sp³-hybridized carbons (Fsp3) is 0.0769. The van der Waals surface area contributed by atoms with Crippen molar-refractivity contribution in [3.63, 3.8) is 0 Å². The summed E-state index contributed by atoms with van der Waals surface area (Å²) in [5.74, 6) is 0.0436. The van der Waals surface area contributed by atoms with E-state index < -0.39 is 0 Å². The molecule has 0 aliphatic rings. The lowest BCUT2D eigenvalue weighted by atomic mass is 10.1. The minimum absolute atomic E-state index is 0.0436. The lowest BCUT2D eigenvalue weighted by molar-refractivity contribution is 0.101. The second-order valence-corrected chi connectivity index (χ2v) is 3.35. The van der Waals surface area contributed by atoms with Gasteiger partial charge in [-0.2, -0.15) is 0 Å². The van der Waals surface area contributed by atoms with E-state index in [0.717, 1.165) is 11.3 Å². The highest BCUT2D eigenvalue weighted by Crippen LogP contribution is 2.16. The highest BCUT2D eigenvalue weighted by molar-refractivity contribution is 5.93. The van der Waals surface area contributed by atoms with Crippen LogP contribution in [0.25, 0.3) is 11.3 Å². The first-order chi connectivity index (χ1) is 7.27. The van der Waals surface area contributed by atoms with Gasteiger partial charge in [-0.25, -0.2) is 0 Å². The zero-order valence-electron chi connectivity index (χ0n) is 8.47. The zero-order chi connectivity index (χ0) is 10.7. The number of benzene rings is 1. The van der Waals surface area contributed by atoms with Crippen LogP contribution in [0.15, 0.2) is 48.7 Å². The summed E-state index contributed by atoms with van der Waals surface area (Å²) in [5.41, 5.74) is 2.60. The fourth-order valence-electron chi connectivity index (χ4n) is 1.38. The summed E-state index contributed by atoms with van der Waals surface area (Å²) in [6.07, 6.45) is 1.62. The summed E-state index contributed by atoms with van der Waals surface area (Å²) >= 11 is 0. The lowest BCUT2D eigenvalue weighted by Gasteiger charge is -2.00. The average Bonchev–Trinajstić information content (AvgIpc) is 2.30. The Labute approximate surface area is 88.6 Å². The summed E-state index contributed by atoms with van der Waals surface area (Å²) in [6.45, 7) is 1.54. The van der Waals surface area contributed by atoms with Crippen LogP contribution in [0.3, 0.4) is 0 Å². The normalized spacial score (nSPS) is 9.93. The molecule has 2 rings (SSSR count). The van der Waals surface area contributed by atoms with E-state index in [2.05, 4.69) is 4.98 Å². The number of ketones is 1. The van der Waals surface area contributed by atoms with Gasteiger partial charge in [0.05, 0.1) is 5.69 Å². The molecule has 0 saturated carbocycles. The van der Waals surface area contributed by atoms with Crippen molar-refractivity contribution in [2.45, 2.75) is 6.92 Å². The maximum atomic E-state index is 11.1. The molecule has 1 aromatic carbocycles. The van der Waals surface area contributed by atoms with Gasteiger partial charge in [0.2, 0.25) is 0 Å². The van der Waals surface area contributed by atoms with Gasteiger partial charge in [-0.1, -0.05) is 30.3 Å². The van der Waals surface area contributed by atoms with Gasteiger partial charge in [-0.05, 0) is 19.1 Å². The van der Waals surface area contributed by atoms with E-state index in [1.165, 1.54) is 0 Å². The number of rotatable bonds is 2. The maximum absolute atomic E-state index is 11.1. The number of pyridine rings is 1. The molecule has 1 heterocycles. The average molecular weight is 197 g/mol. The van der Waals surface area contributed by atoms with Gasteiger partial charge in [0, 0.05) is 17.3 Å². The molecule has 0 bridgehead atoms. The molecule has 0 amide bonds. The molecule has 74 valence electrons. The number of hydrogen-bond acceptors (Lipinski definition) is 2. The predicted molar refractivity (Wildman–Crippen MR) is 59.7 cm³/mol. The minimum atomic E-state index is 0.0436. The zero-order valence-corrected chi connectivity index (χ0v) is 8.47. The van der Waals surface area contributed by atoms with Crippen molar-refractivity contribution >= 4 is 5.78 Å². The standard InChI is InChI=1S/C13H11NO/c1-10(15)12-7-8-13(14-9-12)11-5-3-2-4-6-11/h2-9H,1H3. The topological polar surface area (TPSA) is 30.0 Å². The molecule has 0 aliphatic carbocycles. The predicted octanol–water partition coefficient (Wildman–Crippen LogP) is 2.95. The van der Waals surface area contributed by atoms with Crippen molar-refractivity contribution in [3.8, 4) is 11.3 Å². The molecular weight excluding hydrogens is 186 g/mol. The molecule has 2 nitrogen and oxygen atoms in total. The molecule has 0 saturated heterocycles. The molecule has 0 N–H and O–H groups in total. The van der Waals surface area contributed by atoms with Gasteiger partial charge < -0.3 is 0 Å². The van der Waals surface area contributed by atoms with E-state index in [1.54, 1.807) is 19.2 Å². The number of hydrogen-bond donors (Lipinski definition) is 0. The quantitative estimate of drug-likeness (QED) is 0.693. The van der Waals surface area contributed by atoms with Gasteiger partial charge in [0.25, 0.3) is 0 Å². The van der Waals surface area contributed by atoms with Crippen LogP contribution in [0.1, 0.15) is 17.3 Å². The second-order valence-electron chi connectivity index (χ2n) is 3.35. The monoisotopic (exact) mass is 197 g/mol. The Kier molecular flexibility index (Phi) is 2.59. The van der Waals surface area contributed by atoms with Crippen LogP contribution in [-0.2, 0) is 0 Å². The van der Waals surface area contributed by atoms with Crippen LogP contribution in [0.4, 0.5) is 0 Å². The third kappa shape index (κ3) is 2.10. The molecule has 15 heavy (non-hydrogen) atoms. The maximum Gasteiger partial charge on any atom is 0.161 e. The molecule has 0 aliphatic heterocycles. The van der Waals surface area contributed by atoms with Crippen LogP contribution < -0.4 is 0 Å². The number of carbonyl (C=O) groups excluding carboxylic acids is 1. The van der Waals surface area contributed by atoms with Gasteiger partial charge in [0.15, 0.2) is 5.78 Å². The number of Topliss-reactive ketones (excluding diaryl/α,β-unsaturated/α-hetero) is 1. The Morgan fingerprint density at radius 3 is 2.33 bits per heavy atom. The summed E-state index contributed by atoms with van der Waals surface area (Å²) in [5, 5.41) is 0. The molecule has 2 heteroatoms. The number of carbonyl (C=O) groups is 1. The van der Waals surface area contributed by atoms with E-state index in [9.17, 15) is 4.79 Å². The van der Waals surface area contributed by atoms with Crippen LogP contribution in [0.5, 0.6) is 0 Å². The largest absolute Gasteiger partial charge is 0.294 e. The summed E-state index contributed by atoms with van der Waals surface area (Å²) in [6, 6.07) is 13.6. The first-order valence-corrected chi connectivity index (χ1v) is 4.80. The van der Waals surface area contributed by atoms with Gasteiger partial charge in [-0.15, -0.1) is 0 Å². The SMILES string of the molecule is CC(=O)c1ccc(-c2ccccc2)nc1. The molecule has 1 aromatic heterocycles.